The number of anilines is 1. The zero-order valence-electron chi connectivity index (χ0n) is 15.3. The lowest BCUT2D eigenvalue weighted by molar-refractivity contribution is -0.127. The zero-order valence-corrected chi connectivity index (χ0v) is 15.3. The van der Waals surface area contributed by atoms with E-state index in [2.05, 4.69) is 10.6 Å². The van der Waals surface area contributed by atoms with E-state index < -0.39 is 0 Å². The summed E-state index contributed by atoms with van der Waals surface area (Å²) >= 11 is 0. The summed E-state index contributed by atoms with van der Waals surface area (Å²) in [5.41, 5.74) is 2.11. The Bertz CT molecular complexity index is 706. The molecule has 0 radical (unpaired) electrons. The molecular formula is C22H28N2O2. The van der Waals surface area contributed by atoms with Crippen molar-refractivity contribution in [1.29, 1.82) is 0 Å². The Labute approximate surface area is 155 Å². The van der Waals surface area contributed by atoms with Gasteiger partial charge in [0.2, 0.25) is 11.8 Å². The first kappa shape index (κ1) is 16.3. The minimum Gasteiger partial charge on any atom is -0.351 e. The summed E-state index contributed by atoms with van der Waals surface area (Å²) in [7, 11) is 0. The van der Waals surface area contributed by atoms with Crippen LogP contribution in [0.3, 0.4) is 0 Å². The molecule has 26 heavy (non-hydrogen) atoms. The Morgan fingerprint density at radius 3 is 2.42 bits per heavy atom. The average Bonchev–Trinajstić information content (AvgIpc) is 2.89. The van der Waals surface area contributed by atoms with Gasteiger partial charge in [0.05, 0.1) is 5.92 Å². The number of carbonyl (C=O) groups is 2. The number of para-hydroxylation sites is 1. The Kier molecular flexibility index (Phi) is 3.84. The summed E-state index contributed by atoms with van der Waals surface area (Å²) in [5.74, 6) is 2.71. The molecule has 0 aromatic heterocycles. The largest absolute Gasteiger partial charge is 0.351 e. The third-order valence-corrected chi connectivity index (χ3v) is 7.25. The van der Waals surface area contributed by atoms with Crippen molar-refractivity contribution in [3.8, 4) is 0 Å². The van der Waals surface area contributed by atoms with Crippen LogP contribution in [-0.4, -0.2) is 17.4 Å². The summed E-state index contributed by atoms with van der Waals surface area (Å²) < 4.78 is 0. The van der Waals surface area contributed by atoms with E-state index in [-0.39, 0.29) is 23.3 Å². The lowest BCUT2D eigenvalue weighted by Gasteiger charge is -2.56. The van der Waals surface area contributed by atoms with Gasteiger partial charge < -0.3 is 10.6 Å². The number of rotatable bonds is 5. The molecule has 6 rings (SSSR count). The van der Waals surface area contributed by atoms with Crippen molar-refractivity contribution < 1.29 is 9.59 Å². The molecule has 5 aliphatic rings. The zero-order chi connectivity index (χ0) is 17.7. The molecule has 4 heteroatoms. The van der Waals surface area contributed by atoms with Gasteiger partial charge in [-0.05, 0) is 80.8 Å². The first-order valence-electron chi connectivity index (χ1n) is 10.3. The third kappa shape index (κ3) is 2.83. The first-order chi connectivity index (χ1) is 12.6. The highest BCUT2D eigenvalue weighted by molar-refractivity contribution is 6.02. The fraction of sp³-hybridized carbons (Fsp3) is 0.636. The average molecular weight is 352 g/mol. The number of amides is 2. The summed E-state index contributed by atoms with van der Waals surface area (Å²) in [6, 6.07) is 7.90. The van der Waals surface area contributed by atoms with E-state index in [0.29, 0.717) is 6.42 Å². The van der Waals surface area contributed by atoms with E-state index >= 15 is 0 Å². The second-order valence-corrected chi connectivity index (χ2v) is 9.27. The first-order valence-corrected chi connectivity index (χ1v) is 10.3. The van der Waals surface area contributed by atoms with E-state index in [0.717, 1.165) is 41.8 Å². The quantitative estimate of drug-likeness (QED) is 0.842. The Morgan fingerprint density at radius 2 is 1.73 bits per heavy atom. The maximum absolute atomic E-state index is 12.6. The van der Waals surface area contributed by atoms with Crippen LogP contribution in [-0.2, 0) is 9.59 Å². The van der Waals surface area contributed by atoms with E-state index in [9.17, 15) is 9.59 Å². The van der Waals surface area contributed by atoms with Crippen LogP contribution in [0.1, 0.15) is 69.3 Å². The van der Waals surface area contributed by atoms with Crippen molar-refractivity contribution in [3.63, 3.8) is 0 Å². The molecule has 138 valence electrons. The van der Waals surface area contributed by atoms with Crippen molar-refractivity contribution in [2.24, 2.45) is 17.8 Å². The lowest BCUT2D eigenvalue weighted by atomic mass is 9.53. The van der Waals surface area contributed by atoms with Gasteiger partial charge >= 0.3 is 0 Å². The van der Waals surface area contributed by atoms with Crippen LogP contribution in [0, 0.1) is 17.8 Å². The number of hydrogen-bond donors (Lipinski definition) is 2. The highest BCUT2D eigenvalue weighted by Crippen LogP contribution is 2.55. The van der Waals surface area contributed by atoms with Crippen molar-refractivity contribution in [3.05, 3.63) is 29.8 Å². The molecule has 1 aliphatic heterocycles. The highest BCUT2D eigenvalue weighted by Gasteiger charge is 2.51. The fourth-order valence-corrected chi connectivity index (χ4v) is 6.65. The molecule has 1 unspecified atom stereocenters. The van der Waals surface area contributed by atoms with Gasteiger partial charge in [-0.25, -0.2) is 0 Å². The van der Waals surface area contributed by atoms with Crippen molar-refractivity contribution in [1.82, 2.24) is 5.32 Å². The van der Waals surface area contributed by atoms with Gasteiger partial charge in [-0.2, -0.15) is 0 Å². The van der Waals surface area contributed by atoms with Crippen LogP contribution in [0.25, 0.3) is 0 Å². The molecule has 0 spiro atoms. The van der Waals surface area contributed by atoms with Crippen molar-refractivity contribution in [2.45, 2.75) is 69.2 Å². The Balaban J connectivity index is 1.16. The molecule has 1 atom stereocenters. The maximum atomic E-state index is 12.6. The maximum Gasteiger partial charge on any atom is 0.232 e. The molecule has 2 N–H and O–H groups in total. The topological polar surface area (TPSA) is 58.2 Å². The standard InChI is InChI=1S/C22H28N2O2/c25-20(24-22-11-14-8-15(12-22)10-16(9-14)13-22)7-3-5-18-17-4-1-2-6-19(17)23-21(18)26/h1-2,4,6,14-16,18H,3,5,7-13H2,(H,23,26)(H,24,25). The lowest BCUT2D eigenvalue weighted by Crippen LogP contribution is -2.59. The van der Waals surface area contributed by atoms with E-state index in [1.165, 1.54) is 38.5 Å². The molecule has 1 aromatic carbocycles. The number of fused-ring (bicyclic) bond motifs is 1. The monoisotopic (exact) mass is 352 g/mol. The molecule has 0 saturated heterocycles. The van der Waals surface area contributed by atoms with E-state index in [1.54, 1.807) is 0 Å². The molecule has 4 fully saturated rings. The van der Waals surface area contributed by atoms with Gasteiger partial charge in [-0.1, -0.05) is 18.2 Å². The summed E-state index contributed by atoms with van der Waals surface area (Å²) in [6.07, 6.45) is 9.83. The van der Waals surface area contributed by atoms with E-state index in [1.807, 2.05) is 24.3 Å². The Morgan fingerprint density at radius 1 is 1.08 bits per heavy atom. The van der Waals surface area contributed by atoms with E-state index in [4.69, 9.17) is 0 Å². The summed E-state index contributed by atoms with van der Waals surface area (Å²) in [4.78, 5) is 24.8. The number of hydrogen-bond acceptors (Lipinski definition) is 2. The van der Waals surface area contributed by atoms with Gasteiger partial charge in [0.15, 0.2) is 0 Å². The van der Waals surface area contributed by atoms with Crippen LogP contribution in [0.5, 0.6) is 0 Å². The van der Waals surface area contributed by atoms with Crippen molar-refractivity contribution in [2.75, 3.05) is 5.32 Å². The minimum atomic E-state index is -0.0986. The molecular weight excluding hydrogens is 324 g/mol. The number of carbonyl (C=O) groups excluding carboxylic acids is 2. The number of nitrogens with one attached hydrogen (secondary N) is 2. The summed E-state index contributed by atoms with van der Waals surface area (Å²) in [5, 5.41) is 6.39. The van der Waals surface area contributed by atoms with Gasteiger partial charge in [0, 0.05) is 17.6 Å². The molecule has 4 aliphatic carbocycles. The second-order valence-electron chi connectivity index (χ2n) is 9.27. The van der Waals surface area contributed by atoms with Crippen LogP contribution in [0.15, 0.2) is 24.3 Å². The third-order valence-electron chi connectivity index (χ3n) is 7.25. The Hall–Kier alpha value is -1.84. The van der Waals surface area contributed by atoms with Crippen LogP contribution < -0.4 is 10.6 Å². The predicted molar refractivity (Wildman–Crippen MR) is 101 cm³/mol. The van der Waals surface area contributed by atoms with Crippen LogP contribution >= 0.6 is 0 Å². The predicted octanol–water partition coefficient (Wildman–Crippen LogP) is 3.98. The van der Waals surface area contributed by atoms with Gasteiger partial charge in [-0.15, -0.1) is 0 Å². The van der Waals surface area contributed by atoms with Crippen LogP contribution in [0.2, 0.25) is 0 Å². The van der Waals surface area contributed by atoms with Gasteiger partial charge in [-0.3, -0.25) is 9.59 Å². The molecule has 4 nitrogen and oxygen atoms in total. The molecule has 2 amide bonds. The SMILES string of the molecule is O=C(CCCC1C(=O)Nc2ccccc21)NC12CC3CC(CC(C3)C1)C2. The number of benzene rings is 1. The molecule has 4 bridgehead atoms. The fourth-order valence-electron chi connectivity index (χ4n) is 6.65. The van der Waals surface area contributed by atoms with Gasteiger partial charge in [0.1, 0.15) is 0 Å². The second kappa shape index (κ2) is 6.11. The van der Waals surface area contributed by atoms with Crippen molar-refractivity contribution >= 4 is 17.5 Å². The summed E-state index contributed by atoms with van der Waals surface area (Å²) in [6.45, 7) is 0. The molecule has 1 aromatic rings. The molecule has 1 heterocycles. The normalized spacial score (nSPS) is 36.7. The minimum absolute atomic E-state index is 0.0766. The smallest absolute Gasteiger partial charge is 0.232 e. The molecule has 4 saturated carbocycles. The van der Waals surface area contributed by atoms with Gasteiger partial charge in [0.25, 0.3) is 0 Å². The van der Waals surface area contributed by atoms with Crippen LogP contribution in [0.4, 0.5) is 5.69 Å². The highest BCUT2D eigenvalue weighted by atomic mass is 16.2.